The highest BCUT2D eigenvalue weighted by molar-refractivity contribution is 6.31. The zero-order valence-electron chi connectivity index (χ0n) is 11.8. The first kappa shape index (κ1) is 14.6. The predicted molar refractivity (Wildman–Crippen MR) is 81.9 cm³/mol. The van der Waals surface area contributed by atoms with Gasteiger partial charge in [0.05, 0.1) is 5.02 Å². The molecule has 2 rings (SSSR count). The van der Waals surface area contributed by atoms with Crippen LogP contribution in [-0.4, -0.2) is 24.6 Å². The zero-order chi connectivity index (χ0) is 13.5. The largest absolute Gasteiger partial charge is 0.357 e. The number of nitrogens with one attached hydrogen (secondary N) is 1. The van der Waals surface area contributed by atoms with Crippen molar-refractivity contribution in [2.45, 2.75) is 45.6 Å². The summed E-state index contributed by atoms with van der Waals surface area (Å²) in [4.78, 5) is 6.89. The summed E-state index contributed by atoms with van der Waals surface area (Å²) in [5.41, 5.74) is 1.16. The van der Waals surface area contributed by atoms with E-state index < -0.39 is 0 Å². The summed E-state index contributed by atoms with van der Waals surface area (Å²) in [6, 6.07) is 2.15. The van der Waals surface area contributed by atoms with E-state index in [9.17, 15) is 0 Å². The van der Waals surface area contributed by atoms with Gasteiger partial charge in [-0.3, -0.25) is 0 Å². The number of pyridine rings is 1. The lowest BCUT2D eigenvalue weighted by Gasteiger charge is -2.22. The summed E-state index contributed by atoms with van der Waals surface area (Å²) in [5, 5.41) is 4.17. The van der Waals surface area contributed by atoms with Crippen LogP contribution in [-0.2, 0) is 6.54 Å². The van der Waals surface area contributed by atoms with Crippen LogP contribution in [0.3, 0.4) is 0 Å². The van der Waals surface area contributed by atoms with Crippen LogP contribution in [0.1, 0.15) is 44.6 Å². The van der Waals surface area contributed by atoms with E-state index in [0.717, 1.165) is 49.0 Å². The molecule has 1 saturated heterocycles. The maximum atomic E-state index is 6.23. The highest BCUT2D eigenvalue weighted by Gasteiger charge is 2.12. The maximum absolute atomic E-state index is 6.23. The van der Waals surface area contributed by atoms with Crippen molar-refractivity contribution >= 4 is 17.4 Å². The van der Waals surface area contributed by atoms with Crippen molar-refractivity contribution in [3.05, 3.63) is 22.8 Å². The third-order valence-corrected chi connectivity index (χ3v) is 3.93. The van der Waals surface area contributed by atoms with Crippen LogP contribution in [0.15, 0.2) is 12.3 Å². The smallest absolute Gasteiger partial charge is 0.128 e. The fourth-order valence-electron chi connectivity index (χ4n) is 2.48. The number of hydrogen-bond acceptors (Lipinski definition) is 3. The Morgan fingerprint density at radius 3 is 2.68 bits per heavy atom. The molecule has 0 bridgehead atoms. The van der Waals surface area contributed by atoms with Gasteiger partial charge in [-0.1, -0.05) is 31.4 Å². The fourth-order valence-corrected chi connectivity index (χ4v) is 2.65. The van der Waals surface area contributed by atoms with Gasteiger partial charge in [0.15, 0.2) is 0 Å². The minimum atomic E-state index is 0.766. The van der Waals surface area contributed by atoms with Gasteiger partial charge in [-0.15, -0.1) is 0 Å². The highest BCUT2D eigenvalue weighted by atomic mass is 35.5. The Morgan fingerprint density at radius 2 is 2.00 bits per heavy atom. The molecule has 0 aromatic carbocycles. The highest BCUT2D eigenvalue weighted by Crippen LogP contribution is 2.22. The first-order valence-electron chi connectivity index (χ1n) is 7.41. The molecule has 106 valence electrons. The monoisotopic (exact) mass is 281 g/mol. The minimum Gasteiger partial charge on any atom is -0.357 e. The molecule has 1 fully saturated rings. The predicted octanol–water partition coefficient (Wildman–Crippen LogP) is 3.62. The summed E-state index contributed by atoms with van der Waals surface area (Å²) in [7, 11) is 0. The Labute approximate surface area is 121 Å². The minimum absolute atomic E-state index is 0.766. The summed E-state index contributed by atoms with van der Waals surface area (Å²) < 4.78 is 0. The van der Waals surface area contributed by atoms with Crippen molar-refractivity contribution in [3.63, 3.8) is 0 Å². The van der Waals surface area contributed by atoms with Crippen molar-refractivity contribution in [1.29, 1.82) is 0 Å². The first-order chi connectivity index (χ1) is 9.31. The topological polar surface area (TPSA) is 28.2 Å². The molecule has 0 saturated carbocycles. The van der Waals surface area contributed by atoms with E-state index in [-0.39, 0.29) is 0 Å². The van der Waals surface area contributed by atoms with Crippen molar-refractivity contribution in [1.82, 2.24) is 10.3 Å². The molecule has 0 aliphatic carbocycles. The Morgan fingerprint density at radius 1 is 1.26 bits per heavy atom. The van der Waals surface area contributed by atoms with Crippen molar-refractivity contribution in [2.24, 2.45) is 0 Å². The van der Waals surface area contributed by atoms with Crippen LogP contribution in [0.4, 0.5) is 5.82 Å². The molecule has 4 heteroatoms. The second-order valence-electron chi connectivity index (χ2n) is 5.21. The Kier molecular flexibility index (Phi) is 5.93. The van der Waals surface area contributed by atoms with Gasteiger partial charge in [-0.2, -0.15) is 0 Å². The maximum Gasteiger partial charge on any atom is 0.128 e. The van der Waals surface area contributed by atoms with E-state index in [1.54, 1.807) is 6.20 Å². The molecule has 1 aromatic rings. The standard InChI is InChI=1S/C15H24ClN3/c1-2-7-17-11-13-10-15(18-12-14(13)16)19-8-5-3-4-6-9-19/h10,12,17H,2-9,11H2,1H3. The number of anilines is 1. The summed E-state index contributed by atoms with van der Waals surface area (Å²) in [6.45, 7) is 6.27. The second kappa shape index (κ2) is 7.71. The molecule has 0 atom stereocenters. The van der Waals surface area contributed by atoms with Gasteiger partial charge in [-0.25, -0.2) is 4.98 Å². The number of hydrogen-bond donors (Lipinski definition) is 1. The van der Waals surface area contributed by atoms with Crippen molar-refractivity contribution in [3.8, 4) is 0 Å². The average Bonchev–Trinajstić information content (AvgIpc) is 2.70. The summed E-state index contributed by atoms with van der Waals surface area (Å²) in [6.07, 6.45) is 8.16. The Bertz CT molecular complexity index is 387. The van der Waals surface area contributed by atoms with Gasteiger partial charge in [0.2, 0.25) is 0 Å². The van der Waals surface area contributed by atoms with Gasteiger partial charge < -0.3 is 10.2 Å². The lowest BCUT2D eigenvalue weighted by molar-refractivity contribution is 0.674. The molecule has 0 amide bonds. The van der Waals surface area contributed by atoms with E-state index in [1.807, 2.05) is 0 Å². The quantitative estimate of drug-likeness (QED) is 0.836. The van der Waals surface area contributed by atoms with Crippen LogP contribution in [0.5, 0.6) is 0 Å². The third kappa shape index (κ3) is 4.36. The molecule has 1 N–H and O–H groups in total. The molecule has 1 aliphatic rings. The summed E-state index contributed by atoms with van der Waals surface area (Å²) in [5.74, 6) is 1.08. The van der Waals surface area contributed by atoms with E-state index in [1.165, 1.54) is 25.7 Å². The number of aromatic nitrogens is 1. The number of nitrogens with zero attached hydrogens (tertiary/aromatic N) is 2. The fraction of sp³-hybridized carbons (Fsp3) is 0.667. The van der Waals surface area contributed by atoms with Gasteiger partial charge >= 0.3 is 0 Å². The second-order valence-corrected chi connectivity index (χ2v) is 5.62. The lowest BCUT2D eigenvalue weighted by atomic mass is 10.2. The van der Waals surface area contributed by atoms with E-state index >= 15 is 0 Å². The Balaban J connectivity index is 2.05. The van der Waals surface area contributed by atoms with Crippen molar-refractivity contribution < 1.29 is 0 Å². The molecular formula is C15H24ClN3. The molecular weight excluding hydrogens is 258 g/mol. The zero-order valence-corrected chi connectivity index (χ0v) is 12.5. The van der Waals surface area contributed by atoms with Crippen LogP contribution in [0.2, 0.25) is 5.02 Å². The van der Waals surface area contributed by atoms with E-state index in [0.29, 0.717) is 0 Å². The average molecular weight is 282 g/mol. The number of rotatable bonds is 5. The molecule has 3 nitrogen and oxygen atoms in total. The summed E-state index contributed by atoms with van der Waals surface area (Å²) >= 11 is 6.23. The molecule has 0 unspecified atom stereocenters. The van der Waals surface area contributed by atoms with Gasteiger partial charge in [-0.05, 0) is 37.4 Å². The normalized spacial score (nSPS) is 16.4. The van der Waals surface area contributed by atoms with Crippen LogP contribution >= 0.6 is 11.6 Å². The molecule has 2 heterocycles. The van der Waals surface area contributed by atoms with Crippen LogP contribution in [0, 0.1) is 0 Å². The molecule has 1 aromatic heterocycles. The molecule has 1 aliphatic heterocycles. The molecule has 0 radical (unpaired) electrons. The van der Waals surface area contributed by atoms with Gasteiger partial charge in [0, 0.05) is 25.8 Å². The van der Waals surface area contributed by atoms with E-state index in [4.69, 9.17) is 11.6 Å². The molecule has 19 heavy (non-hydrogen) atoms. The van der Waals surface area contributed by atoms with Crippen LogP contribution in [0.25, 0.3) is 0 Å². The molecule has 0 spiro atoms. The van der Waals surface area contributed by atoms with Gasteiger partial charge in [0.1, 0.15) is 5.82 Å². The number of halogens is 1. The first-order valence-corrected chi connectivity index (χ1v) is 7.79. The lowest BCUT2D eigenvalue weighted by Crippen LogP contribution is -2.25. The third-order valence-electron chi connectivity index (χ3n) is 3.59. The van der Waals surface area contributed by atoms with Crippen molar-refractivity contribution in [2.75, 3.05) is 24.5 Å². The van der Waals surface area contributed by atoms with Gasteiger partial charge in [0.25, 0.3) is 0 Å². The van der Waals surface area contributed by atoms with E-state index in [2.05, 4.69) is 28.2 Å². The SMILES string of the molecule is CCCNCc1cc(N2CCCCCC2)ncc1Cl. The Hall–Kier alpha value is -0.800. The van der Waals surface area contributed by atoms with Crippen LogP contribution < -0.4 is 10.2 Å².